The molecule has 1 radical (unpaired) electrons. The summed E-state index contributed by atoms with van der Waals surface area (Å²) in [6.45, 7) is 5.67. The summed E-state index contributed by atoms with van der Waals surface area (Å²) < 4.78 is 0. The number of hydrogen-bond acceptors (Lipinski definition) is 1. The first-order valence-corrected chi connectivity index (χ1v) is 4.58. The topological polar surface area (TPSA) is 17.1 Å². The van der Waals surface area contributed by atoms with Gasteiger partial charge in [0.25, 0.3) is 0 Å². The van der Waals surface area contributed by atoms with Gasteiger partial charge in [-0.05, 0) is 19.3 Å². The molecule has 11 heavy (non-hydrogen) atoms. The van der Waals surface area contributed by atoms with E-state index in [-0.39, 0.29) is 11.2 Å². The second-order valence-corrected chi connectivity index (χ2v) is 3.62. The zero-order valence-corrected chi connectivity index (χ0v) is 7.36. The fourth-order valence-electron chi connectivity index (χ4n) is 2.06. The Bertz CT molecular complexity index is 143. The highest BCUT2D eigenvalue weighted by molar-refractivity contribution is 5.88. The van der Waals surface area contributed by atoms with Gasteiger partial charge >= 0.3 is 0 Å². The molecule has 1 aliphatic carbocycles. The highest BCUT2D eigenvalue weighted by atomic mass is 16.1. The van der Waals surface area contributed by atoms with Crippen molar-refractivity contribution in [3.05, 3.63) is 6.92 Å². The number of hydrogen-bond donors (Lipinski definition) is 0. The lowest BCUT2D eigenvalue weighted by molar-refractivity contribution is -0.126. The van der Waals surface area contributed by atoms with Crippen LogP contribution in [0.1, 0.15) is 45.4 Å². The van der Waals surface area contributed by atoms with Crippen molar-refractivity contribution < 1.29 is 4.79 Å². The fraction of sp³-hybridized carbons (Fsp3) is 0.800. The first kappa shape index (κ1) is 8.76. The van der Waals surface area contributed by atoms with Crippen molar-refractivity contribution in [3.8, 4) is 0 Å². The maximum absolute atomic E-state index is 11.2. The zero-order valence-electron chi connectivity index (χ0n) is 7.36. The van der Waals surface area contributed by atoms with Crippen molar-refractivity contribution in [1.29, 1.82) is 0 Å². The van der Waals surface area contributed by atoms with Crippen LogP contribution in [0.3, 0.4) is 0 Å². The van der Waals surface area contributed by atoms with Gasteiger partial charge in [-0.25, -0.2) is 0 Å². The van der Waals surface area contributed by atoms with E-state index in [0.29, 0.717) is 0 Å². The molecule has 1 nitrogen and oxygen atoms in total. The summed E-state index contributed by atoms with van der Waals surface area (Å²) in [7, 11) is 0. The molecule has 0 unspecified atom stereocenters. The van der Waals surface area contributed by atoms with E-state index in [1.807, 2.05) is 0 Å². The molecule has 0 aromatic carbocycles. The Hall–Kier alpha value is -0.330. The normalized spacial score (nSPS) is 23.1. The summed E-state index contributed by atoms with van der Waals surface area (Å²) in [4.78, 5) is 11.2. The van der Waals surface area contributed by atoms with Crippen LogP contribution in [0.2, 0.25) is 0 Å². The Balaban J connectivity index is 2.64. The minimum Gasteiger partial charge on any atom is -0.299 e. The Labute approximate surface area is 69.2 Å². The largest absolute Gasteiger partial charge is 0.299 e. The molecule has 1 aliphatic rings. The maximum atomic E-state index is 11.2. The molecular formula is C10H17O. The molecule has 0 saturated heterocycles. The van der Waals surface area contributed by atoms with Crippen molar-refractivity contribution in [3.63, 3.8) is 0 Å². The zero-order chi connectivity index (χ0) is 8.32. The number of carbonyl (C=O) groups is 1. The summed E-state index contributed by atoms with van der Waals surface area (Å²) >= 11 is 0. The molecule has 1 heteroatoms. The summed E-state index contributed by atoms with van der Waals surface area (Å²) in [5, 5.41) is 0. The van der Waals surface area contributed by atoms with E-state index < -0.39 is 0 Å². The molecule has 0 bridgehead atoms. The van der Waals surface area contributed by atoms with Crippen molar-refractivity contribution in [2.24, 2.45) is 5.41 Å². The monoisotopic (exact) mass is 153 g/mol. The van der Waals surface area contributed by atoms with Crippen molar-refractivity contribution in [1.82, 2.24) is 0 Å². The molecule has 0 aromatic heterocycles. The molecule has 0 heterocycles. The molecule has 1 rings (SSSR count). The predicted octanol–water partition coefficient (Wildman–Crippen LogP) is 2.75. The Morgan fingerprint density at radius 1 is 1.36 bits per heavy atom. The van der Waals surface area contributed by atoms with Crippen LogP contribution in [0, 0.1) is 12.3 Å². The van der Waals surface area contributed by atoms with Gasteiger partial charge in [-0.2, -0.15) is 0 Å². The van der Waals surface area contributed by atoms with Gasteiger partial charge in [0.2, 0.25) is 0 Å². The maximum Gasteiger partial charge on any atom is 0.139 e. The van der Waals surface area contributed by atoms with E-state index in [4.69, 9.17) is 0 Å². The molecule has 1 saturated carbocycles. The van der Waals surface area contributed by atoms with Gasteiger partial charge in [0.05, 0.1) is 0 Å². The number of ketones is 1. The molecule has 0 aromatic rings. The third kappa shape index (κ3) is 1.63. The van der Waals surface area contributed by atoms with Gasteiger partial charge in [0.1, 0.15) is 5.78 Å². The van der Waals surface area contributed by atoms with E-state index in [0.717, 1.165) is 19.3 Å². The van der Waals surface area contributed by atoms with E-state index in [9.17, 15) is 4.79 Å². The van der Waals surface area contributed by atoms with Crippen molar-refractivity contribution >= 4 is 5.78 Å². The molecule has 1 fully saturated rings. The van der Waals surface area contributed by atoms with Gasteiger partial charge in [-0.3, -0.25) is 4.79 Å². The van der Waals surface area contributed by atoms with Crippen LogP contribution in [0.4, 0.5) is 0 Å². The summed E-state index contributed by atoms with van der Waals surface area (Å²) in [5.74, 6) is 0.166. The number of rotatable bonds is 2. The minimum atomic E-state index is -0.0295. The van der Waals surface area contributed by atoms with Crippen molar-refractivity contribution in [2.75, 3.05) is 0 Å². The van der Waals surface area contributed by atoms with E-state index in [2.05, 4.69) is 13.8 Å². The molecular weight excluding hydrogens is 136 g/mol. The van der Waals surface area contributed by atoms with Gasteiger partial charge in [0, 0.05) is 12.3 Å². The van der Waals surface area contributed by atoms with Crippen LogP contribution in [0.15, 0.2) is 0 Å². The van der Waals surface area contributed by atoms with Gasteiger partial charge in [-0.15, -0.1) is 0 Å². The van der Waals surface area contributed by atoms with Crippen molar-refractivity contribution in [2.45, 2.75) is 45.4 Å². The quantitative estimate of drug-likeness (QED) is 0.596. The standard InChI is InChI=1S/C10H17O/c1-3-10(9(2)11)7-5-4-6-8-10/h2-8H2,1H3. The van der Waals surface area contributed by atoms with E-state index in [1.165, 1.54) is 19.3 Å². The third-order valence-electron chi connectivity index (χ3n) is 3.08. The molecule has 0 atom stereocenters. The van der Waals surface area contributed by atoms with Crippen LogP contribution in [0.25, 0.3) is 0 Å². The lowest BCUT2D eigenvalue weighted by atomic mass is 9.70. The van der Waals surface area contributed by atoms with Gasteiger partial charge in [-0.1, -0.05) is 26.2 Å². The van der Waals surface area contributed by atoms with Crippen LogP contribution < -0.4 is 0 Å². The molecule has 63 valence electrons. The van der Waals surface area contributed by atoms with Crippen LogP contribution in [-0.2, 0) is 4.79 Å². The summed E-state index contributed by atoms with van der Waals surface area (Å²) in [5.41, 5.74) is -0.0295. The van der Waals surface area contributed by atoms with E-state index in [1.54, 1.807) is 0 Å². The Kier molecular flexibility index (Phi) is 2.69. The van der Waals surface area contributed by atoms with Crippen LogP contribution >= 0.6 is 0 Å². The molecule has 0 aliphatic heterocycles. The van der Waals surface area contributed by atoms with Gasteiger partial charge in [0.15, 0.2) is 0 Å². The van der Waals surface area contributed by atoms with Crippen LogP contribution in [-0.4, -0.2) is 5.78 Å². The SMILES string of the molecule is [CH2]C(=O)C1(CC)CCCCC1. The molecule has 0 spiro atoms. The van der Waals surface area contributed by atoms with Gasteiger partial charge < -0.3 is 0 Å². The smallest absolute Gasteiger partial charge is 0.139 e. The molecule has 0 amide bonds. The highest BCUT2D eigenvalue weighted by Crippen LogP contribution is 2.39. The second-order valence-electron chi connectivity index (χ2n) is 3.62. The summed E-state index contributed by atoms with van der Waals surface area (Å²) in [6.07, 6.45) is 6.87. The lowest BCUT2D eigenvalue weighted by Gasteiger charge is -2.33. The minimum absolute atomic E-state index is 0.0295. The Morgan fingerprint density at radius 2 is 1.91 bits per heavy atom. The van der Waals surface area contributed by atoms with Crippen LogP contribution in [0.5, 0.6) is 0 Å². The Morgan fingerprint density at radius 3 is 2.18 bits per heavy atom. The summed E-state index contributed by atoms with van der Waals surface area (Å²) in [6, 6.07) is 0. The molecule has 0 N–H and O–H groups in total. The first-order chi connectivity index (χ1) is 5.21. The number of carbonyl (C=O) groups excluding carboxylic acids is 1. The lowest BCUT2D eigenvalue weighted by Crippen LogP contribution is -2.30. The fourth-order valence-corrected chi connectivity index (χ4v) is 2.06. The second kappa shape index (κ2) is 3.38. The predicted molar refractivity (Wildman–Crippen MR) is 46.2 cm³/mol. The average molecular weight is 153 g/mol. The third-order valence-corrected chi connectivity index (χ3v) is 3.08. The number of Topliss-reactive ketones (excluding diaryl/α,β-unsaturated/α-hetero) is 1. The van der Waals surface area contributed by atoms with E-state index >= 15 is 0 Å². The highest BCUT2D eigenvalue weighted by Gasteiger charge is 2.34. The first-order valence-electron chi connectivity index (χ1n) is 4.58. The average Bonchev–Trinajstić information content (AvgIpc) is 2.05.